The Morgan fingerprint density at radius 3 is 2.73 bits per heavy atom. The lowest BCUT2D eigenvalue weighted by atomic mass is 10.5. The number of aryl methyl sites for hydroxylation is 2. The number of rotatable bonds is 5. The van der Waals surface area contributed by atoms with Crippen molar-refractivity contribution in [3.63, 3.8) is 0 Å². The van der Waals surface area contributed by atoms with Crippen molar-refractivity contribution >= 4 is 10.0 Å². The summed E-state index contributed by atoms with van der Waals surface area (Å²) in [5.41, 5.74) is 0.488. The second-order valence-electron chi connectivity index (χ2n) is 3.14. The lowest BCUT2D eigenvalue weighted by molar-refractivity contribution is 0.204. The minimum atomic E-state index is -3.46. The van der Waals surface area contributed by atoms with Crippen LogP contribution in [0.3, 0.4) is 0 Å². The van der Waals surface area contributed by atoms with Gasteiger partial charge in [0, 0.05) is 26.9 Å². The molecule has 0 spiro atoms. The van der Waals surface area contributed by atoms with Crippen molar-refractivity contribution in [2.24, 2.45) is 7.05 Å². The van der Waals surface area contributed by atoms with Crippen LogP contribution in [0.15, 0.2) is 11.1 Å². The van der Waals surface area contributed by atoms with Crippen molar-refractivity contribution in [2.75, 3.05) is 20.3 Å². The summed E-state index contributed by atoms with van der Waals surface area (Å²) in [4.78, 5) is 0.209. The van der Waals surface area contributed by atoms with Gasteiger partial charge in [0.2, 0.25) is 10.0 Å². The van der Waals surface area contributed by atoms with Gasteiger partial charge >= 0.3 is 0 Å². The van der Waals surface area contributed by atoms with Crippen LogP contribution in [0.5, 0.6) is 0 Å². The van der Waals surface area contributed by atoms with Crippen LogP contribution in [-0.4, -0.2) is 38.5 Å². The summed E-state index contributed by atoms with van der Waals surface area (Å²) in [6, 6.07) is 0. The van der Waals surface area contributed by atoms with Gasteiger partial charge < -0.3 is 4.74 Å². The van der Waals surface area contributed by atoms with E-state index in [4.69, 9.17) is 4.74 Å². The Morgan fingerprint density at radius 2 is 2.27 bits per heavy atom. The molecular weight excluding hydrogens is 218 g/mol. The maximum Gasteiger partial charge on any atom is 0.244 e. The van der Waals surface area contributed by atoms with Crippen LogP contribution < -0.4 is 4.72 Å². The monoisotopic (exact) mass is 233 g/mol. The summed E-state index contributed by atoms with van der Waals surface area (Å²) in [6.45, 7) is 2.26. The lowest BCUT2D eigenvalue weighted by Crippen LogP contribution is -2.27. The van der Waals surface area contributed by atoms with Gasteiger partial charge in [-0.25, -0.2) is 13.1 Å². The van der Waals surface area contributed by atoms with Crippen molar-refractivity contribution < 1.29 is 13.2 Å². The highest BCUT2D eigenvalue weighted by Crippen LogP contribution is 2.11. The van der Waals surface area contributed by atoms with Crippen molar-refractivity contribution in [1.82, 2.24) is 14.5 Å². The van der Waals surface area contributed by atoms with Crippen LogP contribution in [0.1, 0.15) is 5.69 Å². The third-order valence-corrected chi connectivity index (χ3v) is 3.42. The van der Waals surface area contributed by atoms with E-state index in [1.165, 1.54) is 18.0 Å². The fourth-order valence-corrected chi connectivity index (χ4v) is 2.43. The summed E-state index contributed by atoms with van der Waals surface area (Å²) in [5, 5.41) is 3.97. The van der Waals surface area contributed by atoms with Gasteiger partial charge in [-0.15, -0.1) is 0 Å². The van der Waals surface area contributed by atoms with E-state index >= 15 is 0 Å². The van der Waals surface area contributed by atoms with Crippen LogP contribution in [-0.2, 0) is 21.8 Å². The minimum Gasteiger partial charge on any atom is -0.383 e. The molecule has 1 rings (SSSR count). The van der Waals surface area contributed by atoms with Gasteiger partial charge in [-0.05, 0) is 6.92 Å². The highest BCUT2D eigenvalue weighted by atomic mass is 32.2. The first-order valence-corrected chi connectivity index (χ1v) is 5.94. The lowest BCUT2D eigenvalue weighted by Gasteiger charge is -2.04. The molecule has 0 aliphatic carbocycles. The first kappa shape index (κ1) is 12.2. The summed E-state index contributed by atoms with van der Waals surface area (Å²) >= 11 is 0. The minimum absolute atomic E-state index is 0.209. The third kappa shape index (κ3) is 3.01. The maximum absolute atomic E-state index is 11.7. The van der Waals surface area contributed by atoms with Crippen molar-refractivity contribution in [3.05, 3.63) is 11.9 Å². The second kappa shape index (κ2) is 4.73. The molecule has 0 atom stereocenters. The van der Waals surface area contributed by atoms with Gasteiger partial charge in [-0.2, -0.15) is 5.10 Å². The first-order chi connectivity index (χ1) is 6.97. The average molecular weight is 233 g/mol. The van der Waals surface area contributed by atoms with Crippen molar-refractivity contribution in [1.29, 1.82) is 0 Å². The van der Waals surface area contributed by atoms with Crippen LogP contribution >= 0.6 is 0 Å². The summed E-state index contributed by atoms with van der Waals surface area (Å²) < 4.78 is 32.1. The summed E-state index contributed by atoms with van der Waals surface area (Å²) in [6.07, 6.45) is 1.48. The molecule has 1 aromatic rings. The Kier molecular flexibility index (Phi) is 3.83. The molecule has 0 aromatic carbocycles. The van der Waals surface area contributed by atoms with Crippen LogP contribution in [0.25, 0.3) is 0 Å². The third-order valence-electron chi connectivity index (χ3n) is 1.86. The van der Waals surface area contributed by atoms with Gasteiger partial charge in [0.1, 0.15) is 4.90 Å². The predicted molar refractivity (Wildman–Crippen MR) is 55.0 cm³/mol. The molecule has 0 aliphatic heterocycles. The van der Waals surface area contributed by atoms with Gasteiger partial charge in [-0.1, -0.05) is 0 Å². The zero-order valence-electron chi connectivity index (χ0n) is 9.02. The second-order valence-corrected chi connectivity index (χ2v) is 4.88. The Bertz CT molecular complexity index is 424. The molecular formula is C8H15N3O3S. The normalized spacial score (nSPS) is 11.9. The number of sulfonamides is 1. The van der Waals surface area contributed by atoms with Crippen LogP contribution in [0.4, 0.5) is 0 Å². The quantitative estimate of drug-likeness (QED) is 0.706. The summed E-state index contributed by atoms with van der Waals surface area (Å²) in [7, 11) is -0.256. The van der Waals surface area contributed by atoms with Gasteiger partial charge in [0.25, 0.3) is 0 Å². The molecule has 1 heterocycles. The topological polar surface area (TPSA) is 73.2 Å². The molecule has 0 unspecified atom stereocenters. The predicted octanol–water partition coefficient (Wildman–Crippen LogP) is -0.347. The highest BCUT2D eigenvalue weighted by Gasteiger charge is 2.18. The van der Waals surface area contributed by atoms with Crippen molar-refractivity contribution in [2.45, 2.75) is 11.8 Å². The molecule has 86 valence electrons. The average Bonchev–Trinajstić information content (AvgIpc) is 2.46. The van der Waals surface area contributed by atoms with Crippen molar-refractivity contribution in [3.8, 4) is 0 Å². The van der Waals surface area contributed by atoms with Crippen LogP contribution in [0.2, 0.25) is 0 Å². The fraction of sp³-hybridized carbons (Fsp3) is 0.625. The zero-order valence-corrected chi connectivity index (χ0v) is 9.84. The first-order valence-electron chi connectivity index (χ1n) is 4.46. The Morgan fingerprint density at radius 1 is 1.60 bits per heavy atom. The number of nitrogens with one attached hydrogen (secondary N) is 1. The highest BCUT2D eigenvalue weighted by molar-refractivity contribution is 7.89. The molecule has 0 amide bonds. The number of nitrogens with zero attached hydrogens (tertiary/aromatic N) is 2. The number of hydrogen-bond donors (Lipinski definition) is 1. The molecule has 0 aliphatic rings. The van der Waals surface area contributed by atoms with E-state index in [1.807, 2.05) is 0 Å². The van der Waals surface area contributed by atoms with Gasteiger partial charge in [0.05, 0.1) is 12.3 Å². The molecule has 6 nitrogen and oxygen atoms in total. The van der Waals surface area contributed by atoms with Crippen LogP contribution in [0, 0.1) is 6.92 Å². The molecule has 0 bridgehead atoms. The van der Waals surface area contributed by atoms with E-state index in [0.29, 0.717) is 12.3 Å². The fourth-order valence-electron chi connectivity index (χ4n) is 1.20. The van der Waals surface area contributed by atoms with Gasteiger partial charge in [0.15, 0.2) is 0 Å². The molecule has 7 heteroatoms. The Hall–Kier alpha value is -0.920. The maximum atomic E-state index is 11.7. The van der Waals surface area contributed by atoms with E-state index in [-0.39, 0.29) is 11.4 Å². The van der Waals surface area contributed by atoms with E-state index in [9.17, 15) is 8.42 Å². The number of aromatic nitrogens is 2. The van der Waals surface area contributed by atoms with E-state index < -0.39 is 10.0 Å². The molecule has 1 N–H and O–H groups in total. The van der Waals surface area contributed by atoms with E-state index in [1.54, 1.807) is 14.0 Å². The zero-order chi connectivity index (χ0) is 11.5. The van der Waals surface area contributed by atoms with E-state index in [0.717, 1.165) is 0 Å². The molecule has 15 heavy (non-hydrogen) atoms. The van der Waals surface area contributed by atoms with Gasteiger partial charge in [-0.3, -0.25) is 4.68 Å². The largest absolute Gasteiger partial charge is 0.383 e. The Labute approximate surface area is 89.3 Å². The number of ether oxygens (including phenoxy) is 1. The van der Waals surface area contributed by atoms with E-state index in [2.05, 4.69) is 9.82 Å². The molecule has 0 radical (unpaired) electrons. The molecule has 0 saturated heterocycles. The molecule has 1 aromatic heterocycles. The Balaban J connectivity index is 2.82. The summed E-state index contributed by atoms with van der Waals surface area (Å²) in [5.74, 6) is 0. The standard InChI is InChI=1S/C8H15N3O3S/c1-7-8(6-11(2)10-7)15(12,13)9-4-5-14-3/h6,9H,4-5H2,1-3H3. The molecule has 0 fully saturated rings. The number of methoxy groups -OCH3 is 1. The molecule has 0 saturated carbocycles. The SMILES string of the molecule is COCCNS(=O)(=O)c1cn(C)nc1C. The number of hydrogen-bond acceptors (Lipinski definition) is 4. The smallest absolute Gasteiger partial charge is 0.244 e.